The van der Waals surface area contributed by atoms with E-state index in [-0.39, 0.29) is 16.7 Å². The molecular formula is C20H33N3O4S. The molecule has 7 nitrogen and oxygen atoms in total. The zero-order valence-electron chi connectivity index (χ0n) is 17.6. The number of carbonyl (C=O) groups excluding carboxylic acids is 1. The summed E-state index contributed by atoms with van der Waals surface area (Å²) in [6, 6.07) is 4.89. The van der Waals surface area contributed by atoms with E-state index in [9.17, 15) is 13.2 Å². The third-order valence-electron chi connectivity index (χ3n) is 4.94. The monoisotopic (exact) mass is 411 g/mol. The number of pyridine rings is 1. The number of primary sulfonamides is 1. The quantitative estimate of drug-likeness (QED) is 0.722. The van der Waals surface area contributed by atoms with Crippen LogP contribution >= 0.6 is 0 Å². The van der Waals surface area contributed by atoms with Crippen molar-refractivity contribution in [1.82, 2.24) is 9.88 Å². The highest BCUT2D eigenvalue weighted by Gasteiger charge is 2.42. The average molecular weight is 412 g/mol. The Morgan fingerprint density at radius 1 is 1.32 bits per heavy atom. The fraction of sp³-hybridized carbons (Fsp3) is 0.700. The minimum atomic E-state index is -3.77. The van der Waals surface area contributed by atoms with E-state index < -0.39 is 15.6 Å². The number of unbranched alkanes of at least 4 members (excludes halogenated alkanes) is 1. The number of ether oxygens (including phenoxy) is 1. The first-order chi connectivity index (χ1) is 12.8. The highest BCUT2D eigenvalue weighted by atomic mass is 32.2. The van der Waals surface area contributed by atoms with E-state index in [1.807, 2.05) is 31.7 Å². The van der Waals surface area contributed by atoms with Gasteiger partial charge in [0.1, 0.15) is 5.60 Å². The minimum Gasteiger partial charge on any atom is -0.444 e. The molecule has 0 aliphatic carbocycles. The third kappa shape index (κ3) is 6.44. The molecule has 28 heavy (non-hydrogen) atoms. The maximum Gasteiger partial charge on any atom is 0.410 e. The van der Waals surface area contributed by atoms with Gasteiger partial charge in [-0.2, -0.15) is 0 Å². The molecule has 0 spiro atoms. The summed E-state index contributed by atoms with van der Waals surface area (Å²) in [5, 5.41) is 5.04. The molecule has 1 aliphatic rings. The number of amides is 1. The summed E-state index contributed by atoms with van der Waals surface area (Å²) in [5.74, 6) is 0.436. The average Bonchev–Trinajstić information content (AvgIpc) is 2.84. The van der Waals surface area contributed by atoms with Crippen molar-refractivity contribution >= 4 is 16.1 Å². The first-order valence-corrected chi connectivity index (χ1v) is 11.3. The summed E-state index contributed by atoms with van der Waals surface area (Å²) >= 11 is 0. The van der Waals surface area contributed by atoms with E-state index in [2.05, 4.69) is 18.8 Å². The summed E-state index contributed by atoms with van der Waals surface area (Å²) in [4.78, 5) is 18.5. The molecule has 158 valence electrons. The fourth-order valence-corrected chi connectivity index (χ4v) is 4.23. The molecule has 1 fully saturated rings. The Bertz CT molecular complexity index is 800. The summed E-state index contributed by atoms with van der Waals surface area (Å²) in [5.41, 5.74) is 0.0241. The van der Waals surface area contributed by atoms with Gasteiger partial charge >= 0.3 is 6.09 Å². The predicted molar refractivity (Wildman–Crippen MR) is 108 cm³/mol. The van der Waals surface area contributed by atoms with Crippen LogP contribution in [0.25, 0.3) is 0 Å². The molecule has 0 bridgehead atoms. The lowest BCUT2D eigenvalue weighted by atomic mass is 9.92. The van der Waals surface area contributed by atoms with Gasteiger partial charge in [-0.3, -0.25) is 0 Å². The number of rotatable bonds is 6. The van der Waals surface area contributed by atoms with Crippen molar-refractivity contribution in [1.29, 1.82) is 0 Å². The second-order valence-electron chi connectivity index (χ2n) is 9.23. The minimum absolute atomic E-state index is 0.0875. The van der Waals surface area contributed by atoms with Gasteiger partial charge < -0.3 is 9.64 Å². The van der Waals surface area contributed by atoms with Crippen LogP contribution in [0.15, 0.2) is 23.2 Å². The van der Waals surface area contributed by atoms with Gasteiger partial charge in [-0.15, -0.1) is 0 Å². The van der Waals surface area contributed by atoms with E-state index >= 15 is 0 Å². The van der Waals surface area contributed by atoms with Crippen LogP contribution in [0, 0.1) is 5.92 Å². The Morgan fingerprint density at radius 2 is 2.00 bits per heavy atom. The van der Waals surface area contributed by atoms with Crippen LogP contribution < -0.4 is 5.14 Å². The molecule has 8 heteroatoms. The van der Waals surface area contributed by atoms with Gasteiger partial charge in [0.05, 0.1) is 0 Å². The molecule has 1 aromatic rings. The van der Waals surface area contributed by atoms with E-state index in [1.165, 1.54) is 6.07 Å². The molecule has 1 amide bonds. The van der Waals surface area contributed by atoms with Crippen LogP contribution in [0.2, 0.25) is 0 Å². The number of aryl methyl sites for hydroxylation is 1. The van der Waals surface area contributed by atoms with Crippen molar-refractivity contribution < 1.29 is 17.9 Å². The van der Waals surface area contributed by atoms with Crippen molar-refractivity contribution in [2.75, 3.05) is 6.54 Å². The molecule has 2 heterocycles. The summed E-state index contributed by atoms with van der Waals surface area (Å²) < 4.78 is 28.3. The van der Waals surface area contributed by atoms with Crippen molar-refractivity contribution in [3.05, 3.63) is 23.9 Å². The summed E-state index contributed by atoms with van der Waals surface area (Å²) in [7, 11) is -3.77. The lowest BCUT2D eigenvalue weighted by Crippen LogP contribution is -2.45. The van der Waals surface area contributed by atoms with Crippen molar-refractivity contribution in [2.24, 2.45) is 11.1 Å². The molecule has 1 aliphatic heterocycles. The van der Waals surface area contributed by atoms with Crippen molar-refractivity contribution in [3.63, 3.8) is 0 Å². The molecule has 1 saturated heterocycles. The Morgan fingerprint density at radius 3 is 2.61 bits per heavy atom. The molecule has 2 rings (SSSR count). The number of nitrogens with zero attached hydrogens (tertiary/aromatic N) is 2. The maximum atomic E-state index is 12.5. The summed E-state index contributed by atoms with van der Waals surface area (Å²) in [6.07, 6.45) is 4.32. The first-order valence-electron chi connectivity index (χ1n) is 9.77. The van der Waals surface area contributed by atoms with Crippen LogP contribution in [0.4, 0.5) is 4.79 Å². The molecule has 0 radical (unpaired) electrons. The predicted octanol–water partition coefficient (Wildman–Crippen LogP) is 3.48. The highest BCUT2D eigenvalue weighted by molar-refractivity contribution is 7.89. The largest absolute Gasteiger partial charge is 0.444 e. The molecule has 0 unspecified atom stereocenters. The zero-order valence-corrected chi connectivity index (χ0v) is 18.4. The third-order valence-corrected chi connectivity index (χ3v) is 5.75. The topological polar surface area (TPSA) is 103 Å². The number of likely N-dealkylation sites (tertiary alicyclic amines) is 1. The van der Waals surface area contributed by atoms with E-state index in [0.29, 0.717) is 18.9 Å². The summed E-state index contributed by atoms with van der Waals surface area (Å²) in [6.45, 7) is 10.5. The van der Waals surface area contributed by atoms with Gasteiger partial charge in [0.15, 0.2) is 5.03 Å². The van der Waals surface area contributed by atoms with Crippen molar-refractivity contribution in [3.8, 4) is 0 Å². The van der Waals surface area contributed by atoms with Gasteiger partial charge in [0.25, 0.3) is 10.0 Å². The molecule has 0 saturated carbocycles. The maximum absolute atomic E-state index is 12.5. The van der Waals surface area contributed by atoms with Crippen LogP contribution in [0.1, 0.15) is 66.0 Å². The smallest absolute Gasteiger partial charge is 0.410 e. The van der Waals surface area contributed by atoms with Gasteiger partial charge in [-0.05, 0) is 78.4 Å². The Labute approximate surface area is 168 Å². The SMILES string of the molecule is CC(C)(C)OC(=O)N1C[C@@H](CCCCc2cccc(S(N)(=O)=O)n2)CC1(C)C. The molecule has 1 atom stereocenters. The highest BCUT2D eigenvalue weighted by Crippen LogP contribution is 2.36. The molecule has 2 N–H and O–H groups in total. The Kier molecular flexibility index (Phi) is 6.76. The van der Waals surface area contributed by atoms with E-state index in [4.69, 9.17) is 9.88 Å². The van der Waals surface area contributed by atoms with Gasteiger partial charge in [-0.25, -0.2) is 23.3 Å². The number of sulfonamides is 1. The molecular weight excluding hydrogens is 378 g/mol. The van der Waals surface area contributed by atoms with Crippen molar-refractivity contribution in [2.45, 2.75) is 82.9 Å². The first kappa shape index (κ1) is 22.6. The number of aromatic nitrogens is 1. The standard InChI is InChI=1S/C20H33N3O4S/c1-19(2,3)27-18(24)23-14-15(13-20(23,4)5)9-6-7-10-16-11-8-12-17(22-16)28(21,25)26/h8,11-12,15H,6-7,9-10,13-14H2,1-5H3,(H2,21,25,26)/t15-/m0/s1. The second kappa shape index (κ2) is 8.37. The number of hydrogen-bond donors (Lipinski definition) is 1. The lowest BCUT2D eigenvalue weighted by Gasteiger charge is -2.33. The van der Waals surface area contributed by atoms with E-state index in [1.54, 1.807) is 6.07 Å². The number of carbonyl (C=O) groups is 1. The van der Waals surface area contributed by atoms with Gasteiger partial charge in [0.2, 0.25) is 0 Å². The Hall–Kier alpha value is -1.67. The lowest BCUT2D eigenvalue weighted by molar-refractivity contribution is 0.0131. The number of nitrogens with two attached hydrogens (primary N) is 1. The fourth-order valence-electron chi connectivity index (χ4n) is 3.71. The van der Waals surface area contributed by atoms with Crippen LogP contribution in [0.5, 0.6) is 0 Å². The van der Waals surface area contributed by atoms with Crippen LogP contribution in [-0.2, 0) is 21.2 Å². The Balaban J connectivity index is 1.83. The zero-order chi connectivity index (χ0) is 21.2. The molecule has 0 aromatic carbocycles. The van der Waals surface area contributed by atoms with Gasteiger partial charge in [-0.1, -0.05) is 12.5 Å². The van der Waals surface area contributed by atoms with Crippen LogP contribution in [-0.4, -0.2) is 42.1 Å². The normalized spacial score (nSPS) is 19.6. The van der Waals surface area contributed by atoms with Gasteiger partial charge in [0, 0.05) is 17.8 Å². The molecule has 1 aromatic heterocycles. The van der Waals surface area contributed by atoms with Crippen LogP contribution in [0.3, 0.4) is 0 Å². The number of hydrogen-bond acceptors (Lipinski definition) is 5. The van der Waals surface area contributed by atoms with E-state index in [0.717, 1.165) is 31.4 Å². The second-order valence-corrected chi connectivity index (χ2v) is 10.7.